The van der Waals surface area contributed by atoms with E-state index in [1.165, 1.54) is 0 Å². The second kappa shape index (κ2) is 4.97. The fraction of sp³-hybridized carbons (Fsp3) is 0.400. The molecule has 96 valence electrons. The smallest absolute Gasteiger partial charge is 0.230 e. The highest BCUT2D eigenvalue weighted by Gasteiger charge is 2.16. The molecule has 0 aromatic heterocycles. The van der Waals surface area contributed by atoms with E-state index in [1.54, 1.807) is 11.6 Å². The molecular formula is C10H14F2N2O2S. The zero-order valence-corrected chi connectivity index (χ0v) is 10.3. The molecule has 3 N–H and O–H groups in total. The summed E-state index contributed by atoms with van der Waals surface area (Å²) >= 11 is 0. The molecule has 0 aliphatic carbocycles. The number of anilines is 1. The van der Waals surface area contributed by atoms with Crippen LogP contribution in [0.15, 0.2) is 12.1 Å². The number of hydrogen-bond donors (Lipinski definition) is 2. The topological polar surface area (TPSA) is 72.2 Å². The van der Waals surface area contributed by atoms with Gasteiger partial charge in [0.25, 0.3) is 0 Å². The third kappa shape index (κ3) is 3.64. The molecule has 1 aromatic rings. The first-order valence-corrected chi connectivity index (χ1v) is 6.86. The molecule has 0 radical (unpaired) electrons. The van der Waals surface area contributed by atoms with Gasteiger partial charge >= 0.3 is 0 Å². The lowest BCUT2D eigenvalue weighted by Crippen LogP contribution is -2.14. The third-order valence-corrected chi connectivity index (χ3v) is 2.79. The molecule has 0 heterocycles. The van der Waals surface area contributed by atoms with E-state index < -0.39 is 33.4 Å². The summed E-state index contributed by atoms with van der Waals surface area (Å²) in [4.78, 5) is 0. The average molecular weight is 264 g/mol. The van der Waals surface area contributed by atoms with E-state index >= 15 is 0 Å². The van der Waals surface area contributed by atoms with Gasteiger partial charge in [-0.3, -0.25) is 4.72 Å². The third-order valence-electron chi connectivity index (χ3n) is 2.22. The highest BCUT2D eigenvalue weighted by atomic mass is 32.2. The van der Waals surface area contributed by atoms with Crippen LogP contribution in [-0.2, 0) is 10.0 Å². The molecule has 1 atom stereocenters. The van der Waals surface area contributed by atoms with Crippen molar-refractivity contribution in [3.8, 4) is 0 Å². The minimum atomic E-state index is -3.72. The van der Waals surface area contributed by atoms with E-state index in [9.17, 15) is 17.2 Å². The van der Waals surface area contributed by atoms with Crippen LogP contribution in [-0.4, -0.2) is 14.7 Å². The second-order valence-electron chi connectivity index (χ2n) is 3.75. The van der Waals surface area contributed by atoms with Crippen molar-refractivity contribution in [3.63, 3.8) is 0 Å². The molecule has 1 aromatic carbocycles. The molecule has 7 heteroatoms. The second-order valence-corrected chi connectivity index (χ2v) is 5.50. The van der Waals surface area contributed by atoms with E-state index in [1.807, 2.05) is 0 Å². The maximum absolute atomic E-state index is 13.5. The minimum absolute atomic E-state index is 0.293. The Hall–Kier alpha value is -1.21. The zero-order chi connectivity index (χ0) is 13.2. The van der Waals surface area contributed by atoms with Gasteiger partial charge in [-0.05, 0) is 24.1 Å². The highest BCUT2D eigenvalue weighted by Crippen LogP contribution is 2.25. The van der Waals surface area contributed by atoms with Gasteiger partial charge in [0.1, 0.15) is 5.69 Å². The lowest BCUT2D eigenvalue weighted by atomic mass is 10.0. The van der Waals surface area contributed by atoms with Gasteiger partial charge in [-0.25, -0.2) is 17.2 Å². The predicted molar refractivity (Wildman–Crippen MR) is 62.0 cm³/mol. The summed E-state index contributed by atoms with van der Waals surface area (Å²) in [6.07, 6.45) is 1.34. The molecule has 0 saturated heterocycles. The average Bonchev–Trinajstić information content (AvgIpc) is 2.20. The van der Waals surface area contributed by atoms with Crippen LogP contribution in [0.2, 0.25) is 0 Å². The molecule has 0 fully saturated rings. The lowest BCUT2D eigenvalue weighted by Gasteiger charge is -2.12. The van der Waals surface area contributed by atoms with Gasteiger partial charge in [0.05, 0.1) is 6.26 Å². The van der Waals surface area contributed by atoms with Crippen LogP contribution in [0.4, 0.5) is 14.5 Å². The normalized spacial score (nSPS) is 13.5. The van der Waals surface area contributed by atoms with Crippen LogP contribution in [0.1, 0.15) is 24.9 Å². The number of nitrogens with one attached hydrogen (secondary N) is 1. The summed E-state index contributed by atoms with van der Waals surface area (Å²) in [5.41, 5.74) is 5.25. The van der Waals surface area contributed by atoms with E-state index in [2.05, 4.69) is 0 Å². The largest absolute Gasteiger partial charge is 0.324 e. The van der Waals surface area contributed by atoms with E-state index in [0.29, 0.717) is 12.0 Å². The number of benzene rings is 1. The fourth-order valence-electron chi connectivity index (χ4n) is 1.33. The first kappa shape index (κ1) is 13.9. The Kier molecular flexibility index (Phi) is 4.05. The van der Waals surface area contributed by atoms with Crippen molar-refractivity contribution in [3.05, 3.63) is 29.3 Å². The molecule has 1 rings (SSSR count). The molecule has 0 saturated carbocycles. The van der Waals surface area contributed by atoms with Crippen molar-refractivity contribution >= 4 is 15.7 Å². The molecule has 0 amide bonds. The van der Waals surface area contributed by atoms with Crippen LogP contribution < -0.4 is 10.5 Å². The Morgan fingerprint density at radius 2 is 1.82 bits per heavy atom. The fourth-order valence-corrected chi connectivity index (χ4v) is 1.89. The molecule has 0 aliphatic rings. The van der Waals surface area contributed by atoms with Crippen LogP contribution in [0.5, 0.6) is 0 Å². The van der Waals surface area contributed by atoms with Crippen molar-refractivity contribution in [2.45, 2.75) is 19.4 Å². The molecule has 0 aliphatic heterocycles. The maximum Gasteiger partial charge on any atom is 0.230 e. The molecule has 1 unspecified atom stereocenters. The van der Waals surface area contributed by atoms with Gasteiger partial charge in [0.15, 0.2) is 11.6 Å². The maximum atomic E-state index is 13.5. The van der Waals surface area contributed by atoms with Gasteiger partial charge in [0, 0.05) is 6.04 Å². The van der Waals surface area contributed by atoms with E-state index in [4.69, 9.17) is 5.73 Å². The van der Waals surface area contributed by atoms with Crippen molar-refractivity contribution in [1.82, 2.24) is 0 Å². The first-order valence-electron chi connectivity index (χ1n) is 4.97. The highest BCUT2D eigenvalue weighted by molar-refractivity contribution is 7.92. The summed E-state index contributed by atoms with van der Waals surface area (Å²) < 4.78 is 50.6. The molecular weight excluding hydrogens is 250 g/mol. The Morgan fingerprint density at radius 3 is 2.18 bits per heavy atom. The Morgan fingerprint density at radius 1 is 1.35 bits per heavy atom. The number of halogens is 2. The summed E-state index contributed by atoms with van der Waals surface area (Å²) in [5.74, 6) is -1.95. The number of hydrogen-bond acceptors (Lipinski definition) is 3. The van der Waals surface area contributed by atoms with Crippen molar-refractivity contribution in [2.75, 3.05) is 11.0 Å². The van der Waals surface area contributed by atoms with Gasteiger partial charge in [-0.1, -0.05) is 6.92 Å². The summed E-state index contributed by atoms with van der Waals surface area (Å²) in [5, 5.41) is 0. The molecule has 0 spiro atoms. The standard InChI is InChI=1S/C10H14F2N2O2S/c1-3-9(13)6-4-7(11)10(8(12)5-6)14-17(2,15)16/h4-5,9,14H,3,13H2,1-2H3. The van der Waals surface area contributed by atoms with Gasteiger partial charge in [0.2, 0.25) is 10.0 Å². The summed E-state index contributed by atoms with van der Waals surface area (Å²) in [6, 6.07) is 1.58. The molecule has 0 bridgehead atoms. The monoisotopic (exact) mass is 264 g/mol. The number of rotatable bonds is 4. The SMILES string of the molecule is CCC(N)c1cc(F)c(NS(C)(=O)=O)c(F)c1. The summed E-state index contributed by atoms with van der Waals surface area (Å²) in [6.45, 7) is 1.78. The van der Waals surface area contributed by atoms with Crippen molar-refractivity contribution in [2.24, 2.45) is 5.73 Å². The van der Waals surface area contributed by atoms with Crippen molar-refractivity contribution < 1.29 is 17.2 Å². The predicted octanol–water partition coefficient (Wildman–Crippen LogP) is 1.75. The van der Waals surface area contributed by atoms with E-state index in [0.717, 1.165) is 18.4 Å². The number of nitrogens with two attached hydrogens (primary N) is 1. The zero-order valence-electron chi connectivity index (χ0n) is 9.50. The first-order chi connectivity index (χ1) is 7.74. The Balaban J connectivity index is 3.20. The van der Waals surface area contributed by atoms with Crippen LogP contribution in [0.25, 0.3) is 0 Å². The van der Waals surface area contributed by atoms with Gasteiger partial charge in [-0.15, -0.1) is 0 Å². The Bertz CT molecular complexity index is 494. The minimum Gasteiger partial charge on any atom is -0.324 e. The Labute approximate surface area is 98.9 Å². The summed E-state index contributed by atoms with van der Waals surface area (Å²) in [7, 11) is -3.72. The van der Waals surface area contributed by atoms with Gasteiger partial charge < -0.3 is 5.73 Å². The molecule has 4 nitrogen and oxygen atoms in total. The van der Waals surface area contributed by atoms with Crippen LogP contribution in [0.3, 0.4) is 0 Å². The lowest BCUT2D eigenvalue weighted by molar-refractivity contribution is 0.575. The number of sulfonamides is 1. The van der Waals surface area contributed by atoms with Crippen LogP contribution in [0, 0.1) is 11.6 Å². The van der Waals surface area contributed by atoms with E-state index in [-0.39, 0.29) is 0 Å². The van der Waals surface area contributed by atoms with Crippen molar-refractivity contribution in [1.29, 1.82) is 0 Å². The van der Waals surface area contributed by atoms with Gasteiger partial charge in [-0.2, -0.15) is 0 Å². The van der Waals surface area contributed by atoms with Crippen LogP contribution >= 0.6 is 0 Å². The molecule has 17 heavy (non-hydrogen) atoms. The quantitative estimate of drug-likeness (QED) is 0.870.